The first kappa shape index (κ1) is 12.7. The molecule has 92 valence electrons. The molecule has 0 unspecified atom stereocenters. The molecule has 1 aliphatic heterocycles. The van der Waals surface area contributed by atoms with Crippen molar-refractivity contribution in [2.45, 2.75) is 37.9 Å². The Morgan fingerprint density at radius 3 is 3.00 bits per heavy atom. The van der Waals surface area contributed by atoms with Gasteiger partial charge in [-0.05, 0) is 32.0 Å². The van der Waals surface area contributed by atoms with Crippen LogP contribution in [0.25, 0.3) is 0 Å². The monoisotopic (exact) mass is 267 g/mol. The van der Waals surface area contributed by atoms with Crippen LogP contribution < -0.4 is 10.6 Å². The number of thioether (sulfide) groups is 1. The summed E-state index contributed by atoms with van der Waals surface area (Å²) in [6, 6.07) is 2.37. The fourth-order valence-corrected chi connectivity index (χ4v) is 4.31. The zero-order chi connectivity index (χ0) is 12.3. The van der Waals surface area contributed by atoms with E-state index in [2.05, 4.69) is 16.7 Å². The maximum Gasteiger partial charge on any atom is 0.171 e. The van der Waals surface area contributed by atoms with Crippen molar-refractivity contribution in [2.24, 2.45) is 5.92 Å². The number of allylic oxidation sites excluding steroid dienone is 1. The van der Waals surface area contributed by atoms with Crippen molar-refractivity contribution >= 4 is 29.1 Å². The standard InChI is InChI=1S/C12H17N3S2/c1-2-14-12(16)15-11-9(7-13)8-5-3-4-6-10(8)17-11/h8,10H,2-6H2,1H3,(H2,14,15,16)/t8-,10+/m1/s1. The molecule has 2 atom stereocenters. The number of nitrogens with zero attached hydrogens (tertiary/aromatic N) is 1. The van der Waals surface area contributed by atoms with Gasteiger partial charge in [-0.1, -0.05) is 12.8 Å². The third-order valence-corrected chi connectivity index (χ3v) is 4.94. The Kier molecular flexibility index (Phi) is 4.30. The van der Waals surface area contributed by atoms with Gasteiger partial charge in [-0.15, -0.1) is 11.8 Å². The Labute approximate surface area is 112 Å². The molecule has 0 aromatic heterocycles. The minimum Gasteiger partial charge on any atom is -0.363 e. The fourth-order valence-electron chi connectivity index (χ4n) is 2.49. The lowest BCUT2D eigenvalue weighted by Gasteiger charge is -2.24. The highest BCUT2D eigenvalue weighted by molar-refractivity contribution is 8.04. The molecule has 2 rings (SSSR count). The number of hydrogen-bond acceptors (Lipinski definition) is 3. The Bertz CT molecular complexity index is 384. The van der Waals surface area contributed by atoms with Crippen molar-refractivity contribution in [3.05, 3.63) is 10.6 Å². The normalized spacial score (nSPS) is 27.3. The van der Waals surface area contributed by atoms with Gasteiger partial charge in [0.05, 0.1) is 16.7 Å². The Morgan fingerprint density at radius 1 is 1.53 bits per heavy atom. The third kappa shape index (κ3) is 2.75. The molecule has 0 amide bonds. The second-order valence-corrected chi connectivity index (χ2v) is 6.04. The van der Waals surface area contributed by atoms with Crippen molar-refractivity contribution < 1.29 is 0 Å². The summed E-state index contributed by atoms with van der Waals surface area (Å²) in [5.41, 5.74) is 0.917. The lowest BCUT2D eigenvalue weighted by molar-refractivity contribution is 0.427. The van der Waals surface area contributed by atoms with E-state index in [4.69, 9.17) is 12.2 Å². The van der Waals surface area contributed by atoms with Crippen molar-refractivity contribution in [3.63, 3.8) is 0 Å². The van der Waals surface area contributed by atoms with Crippen LogP contribution in [-0.2, 0) is 0 Å². The van der Waals surface area contributed by atoms with Gasteiger partial charge in [-0.25, -0.2) is 0 Å². The molecule has 0 bridgehead atoms. The van der Waals surface area contributed by atoms with Gasteiger partial charge in [0.2, 0.25) is 0 Å². The first-order chi connectivity index (χ1) is 8.26. The maximum absolute atomic E-state index is 9.29. The zero-order valence-corrected chi connectivity index (χ0v) is 11.6. The molecular formula is C12H17N3S2. The molecule has 0 spiro atoms. The molecule has 2 aliphatic rings. The molecule has 0 radical (unpaired) electrons. The van der Waals surface area contributed by atoms with E-state index >= 15 is 0 Å². The van der Waals surface area contributed by atoms with Gasteiger partial charge in [0.1, 0.15) is 0 Å². The number of fused-ring (bicyclic) bond motifs is 1. The van der Waals surface area contributed by atoms with Gasteiger partial charge in [0.15, 0.2) is 5.11 Å². The molecular weight excluding hydrogens is 250 g/mol. The van der Waals surface area contributed by atoms with Crippen LogP contribution >= 0.6 is 24.0 Å². The van der Waals surface area contributed by atoms with Crippen molar-refractivity contribution in [2.75, 3.05) is 6.54 Å². The minimum atomic E-state index is 0.450. The average Bonchev–Trinajstić information content (AvgIpc) is 2.66. The molecule has 5 heteroatoms. The summed E-state index contributed by atoms with van der Waals surface area (Å²) in [7, 11) is 0. The SMILES string of the molecule is CCNC(=S)NC1=C(C#N)[C@H]2CCCC[C@@H]2S1. The Balaban J connectivity index is 2.09. The molecule has 2 N–H and O–H groups in total. The van der Waals surface area contributed by atoms with Crippen LogP contribution in [0.5, 0.6) is 0 Å². The van der Waals surface area contributed by atoms with E-state index in [1.807, 2.05) is 6.92 Å². The average molecular weight is 267 g/mol. The highest BCUT2D eigenvalue weighted by Crippen LogP contribution is 2.47. The highest BCUT2D eigenvalue weighted by Gasteiger charge is 2.37. The maximum atomic E-state index is 9.29. The summed E-state index contributed by atoms with van der Waals surface area (Å²) in [5.74, 6) is 0.450. The zero-order valence-electron chi connectivity index (χ0n) is 9.95. The summed E-state index contributed by atoms with van der Waals surface area (Å²) in [5, 5.41) is 17.7. The minimum absolute atomic E-state index is 0.450. The number of nitriles is 1. The van der Waals surface area contributed by atoms with Crippen molar-refractivity contribution in [1.29, 1.82) is 5.26 Å². The fraction of sp³-hybridized carbons (Fsp3) is 0.667. The molecule has 1 heterocycles. The smallest absolute Gasteiger partial charge is 0.171 e. The molecule has 0 saturated heterocycles. The largest absolute Gasteiger partial charge is 0.363 e. The lowest BCUT2D eigenvalue weighted by Crippen LogP contribution is -2.33. The van der Waals surface area contributed by atoms with E-state index in [0.29, 0.717) is 16.3 Å². The Hall–Kier alpha value is -0.730. The van der Waals surface area contributed by atoms with Crippen LogP contribution in [0.4, 0.5) is 0 Å². The van der Waals surface area contributed by atoms with Crippen LogP contribution in [0.2, 0.25) is 0 Å². The molecule has 0 aromatic carbocycles. The molecule has 1 fully saturated rings. The second kappa shape index (κ2) is 5.74. The first-order valence-corrected chi connectivity index (χ1v) is 7.40. The van der Waals surface area contributed by atoms with Crippen LogP contribution in [0.1, 0.15) is 32.6 Å². The van der Waals surface area contributed by atoms with Gasteiger partial charge in [0, 0.05) is 17.7 Å². The molecule has 3 nitrogen and oxygen atoms in total. The summed E-state index contributed by atoms with van der Waals surface area (Å²) in [6.45, 7) is 2.81. The van der Waals surface area contributed by atoms with Gasteiger partial charge in [0.25, 0.3) is 0 Å². The van der Waals surface area contributed by atoms with Gasteiger partial charge >= 0.3 is 0 Å². The van der Waals surface area contributed by atoms with E-state index in [1.165, 1.54) is 19.3 Å². The molecule has 1 saturated carbocycles. The van der Waals surface area contributed by atoms with E-state index in [1.54, 1.807) is 11.8 Å². The Morgan fingerprint density at radius 2 is 2.29 bits per heavy atom. The number of thiocarbonyl (C=S) groups is 1. The number of nitrogens with one attached hydrogen (secondary N) is 2. The summed E-state index contributed by atoms with van der Waals surface area (Å²) < 4.78 is 0. The van der Waals surface area contributed by atoms with E-state index in [-0.39, 0.29) is 0 Å². The molecule has 1 aliphatic carbocycles. The summed E-state index contributed by atoms with van der Waals surface area (Å²) in [4.78, 5) is 0. The lowest BCUT2D eigenvalue weighted by atomic mass is 9.84. The van der Waals surface area contributed by atoms with Crippen LogP contribution in [0, 0.1) is 17.2 Å². The van der Waals surface area contributed by atoms with E-state index in [0.717, 1.165) is 23.6 Å². The molecule has 17 heavy (non-hydrogen) atoms. The number of hydrogen-bond donors (Lipinski definition) is 2. The summed E-state index contributed by atoms with van der Waals surface area (Å²) >= 11 is 6.98. The highest BCUT2D eigenvalue weighted by atomic mass is 32.2. The van der Waals surface area contributed by atoms with Crippen molar-refractivity contribution in [1.82, 2.24) is 10.6 Å². The first-order valence-electron chi connectivity index (χ1n) is 6.12. The van der Waals surface area contributed by atoms with Gasteiger partial charge in [-0.2, -0.15) is 5.26 Å². The molecule has 0 aromatic rings. The van der Waals surface area contributed by atoms with E-state index in [9.17, 15) is 5.26 Å². The van der Waals surface area contributed by atoms with Gasteiger partial charge in [-0.3, -0.25) is 0 Å². The topological polar surface area (TPSA) is 47.8 Å². The predicted octanol–water partition coefficient (Wildman–Crippen LogP) is 2.51. The predicted molar refractivity (Wildman–Crippen MR) is 75.4 cm³/mol. The van der Waals surface area contributed by atoms with Crippen LogP contribution in [-0.4, -0.2) is 16.9 Å². The van der Waals surface area contributed by atoms with E-state index < -0.39 is 0 Å². The van der Waals surface area contributed by atoms with Crippen LogP contribution in [0.3, 0.4) is 0 Å². The summed E-state index contributed by atoms with van der Waals surface area (Å²) in [6.07, 6.45) is 4.91. The van der Waals surface area contributed by atoms with Gasteiger partial charge < -0.3 is 10.6 Å². The van der Waals surface area contributed by atoms with Crippen LogP contribution in [0.15, 0.2) is 10.6 Å². The number of rotatable bonds is 2. The quantitative estimate of drug-likeness (QED) is 0.753. The second-order valence-electron chi connectivity index (χ2n) is 4.39. The third-order valence-electron chi connectivity index (χ3n) is 3.27. The van der Waals surface area contributed by atoms with Crippen molar-refractivity contribution in [3.8, 4) is 6.07 Å².